The average Bonchev–Trinajstić information content (AvgIpc) is 2.83. The molecule has 0 bridgehead atoms. The van der Waals surface area contributed by atoms with Crippen molar-refractivity contribution in [1.29, 1.82) is 0 Å². The summed E-state index contributed by atoms with van der Waals surface area (Å²) < 4.78 is 95.5. The average molecular weight is 579 g/mol. The van der Waals surface area contributed by atoms with Crippen molar-refractivity contribution in [1.82, 2.24) is 0 Å². The van der Waals surface area contributed by atoms with Crippen molar-refractivity contribution in [3.05, 3.63) is 72.8 Å². The summed E-state index contributed by atoms with van der Waals surface area (Å²) in [5.74, 6) is -0.957. The Morgan fingerprint density at radius 2 is 1.37 bits per heavy atom. The van der Waals surface area contributed by atoms with Crippen molar-refractivity contribution in [2.24, 2.45) is 10.2 Å². The third-order valence-electron chi connectivity index (χ3n) is 5.16. The lowest BCUT2D eigenvalue weighted by atomic mass is 10.1. The highest BCUT2D eigenvalue weighted by atomic mass is 32.2. The van der Waals surface area contributed by atoms with Crippen LogP contribution in [0.25, 0.3) is 10.8 Å². The third kappa shape index (κ3) is 5.58. The number of nitrogen functional groups attached to an aromatic ring is 1. The number of nitrogens with two attached hydrogens (primary N) is 1. The summed E-state index contributed by atoms with van der Waals surface area (Å²) in [4.78, 5) is -2.01. The Morgan fingerprint density at radius 3 is 1.95 bits per heavy atom. The molecule has 0 radical (unpaired) electrons. The highest BCUT2D eigenvalue weighted by Crippen LogP contribution is 2.45. The number of benzene rings is 4. The molecule has 38 heavy (non-hydrogen) atoms. The number of azo groups is 1. The van der Waals surface area contributed by atoms with Crippen LogP contribution in [0.15, 0.2) is 97.7 Å². The van der Waals surface area contributed by atoms with Gasteiger partial charge in [0.25, 0.3) is 30.3 Å². The highest BCUT2D eigenvalue weighted by Gasteiger charge is 2.27. The van der Waals surface area contributed by atoms with E-state index in [1.54, 1.807) is 6.07 Å². The van der Waals surface area contributed by atoms with Gasteiger partial charge in [0.15, 0.2) is 5.75 Å². The van der Waals surface area contributed by atoms with Crippen LogP contribution in [0.5, 0.6) is 5.75 Å². The molecule has 0 saturated carbocycles. The lowest BCUT2D eigenvalue weighted by molar-refractivity contribution is 0.472. The van der Waals surface area contributed by atoms with Crippen LogP contribution >= 0.6 is 0 Å². The zero-order valence-corrected chi connectivity index (χ0v) is 21.4. The minimum absolute atomic E-state index is 0.187. The summed E-state index contributed by atoms with van der Waals surface area (Å²) in [6, 6.07) is 15.0. The van der Waals surface area contributed by atoms with Gasteiger partial charge in [-0.15, -0.1) is 5.11 Å². The molecular formula is C22H18N4O9S3. The maximum atomic E-state index is 13.0. The van der Waals surface area contributed by atoms with E-state index in [1.165, 1.54) is 48.5 Å². The quantitative estimate of drug-likeness (QED) is 0.121. The minimum Gasteiger partial charge on any atom is -0.505 e. The molecular weight excluding hydrogens is 560 g/mol. The van der Waals surface area contributed by atoms with Gasteiger partial charge in [0.05, 0.1) is 26.6 Å². The number of hydrogen-bond acceptors (Lipinski definition) is 10. The van der Waals surface area contributed by atoms with Gasteiger partial charge in [0.1, 0.15) is 10.6 Å². The third-order valence-corrected chi connectivity index (χ3v) is 8.24. The highest BCUT2D eigenvalue weighted by molar-refractivity contribution is 7.92. The van der Waals surface area contributed by atoms with E-state index in [2.05, 4.69) is 15.0 Å². The molecule has 4 aromatic carbocycles. The Morgan fingerprint density at radius 1 is 0.737 bits per heavy atom. The largest absolute Gasteiger partial charge is 0.505 e. The van der Waals surface area contributed by atoms with Crippen LogP contribution in [0, 0.1) is 0 Å². The fourth-order valence-electron chi connectivity index (χ4n) is 3.43. The second-order valence-electron chi connectivity index (χ2n) is 7.80. The number of rotatable bonds is 7. The molecule has 13 nitrogen and oxygen atoms in total. The summed E-state index contributed by atoms with van der Waals surface area (Å²) in [6.45, 7) is 0. The maximum Gasteiger partial charge on any atom is 0.296 e. The van der Waals surface area contributed by atoms with Gasteiger partial charge in [-0.3, -0.25) is 13.8 Å². The van der Waals surface area contributed by atoms with E-state index in [0.29, 0.717) is 5.69 Å². The standard InChI is InChI=1S/C22H18N4O9S3/c23-14-6-8-15(9-7-14)24-25-21-19(38(33,34)35)11-13-10-17(37(30,31)32)12-18(20(13)22(21)27)26-36(28,29)16-4-2-1-3-5-16/h1-12,26-27H,23H2,(H,30,31,32)(H,33,34,35). The van der Waals surface area contributed by atoms with Gasteiger partial charge in [0.2, 0.25) is 0 Å². The molecule has 0 aliphatic carbocycles. The number of fused-ring (bicyclic) bond motifs is 1. The molecule has 0 amide bonds. The first-order chi connectivity index (χ1) is 17.7. The SMILES string of the molecule is Nc1ccc(N=Nc2c(S(=O)(=O)O)cc3cc(S(=O)(=O)O)cc(NS(=O)(=O)c4ccccc4)c3c2O)cc1. The number of phenolic OH excluding ortho intramolecular Hbond substituents is 1. The number of anilines is 2. The summed E-state index contributed by atoms with van der Waals surface area (Å²) in [5, 5.41) is 17.9. The molecule has 0 heterocycles. The Hall–Kier alpha value is -4.09. The van der Waals surface area contributed by atoms with E-state index in [9.17, 15) is 39.5 Å². The van der Waals surface area contributed by atoms with Crippen LogP contribution < -0.4 is 10.5 Å². The fraction of sp³-hybridized carbons (Fsp3) is 0. The minimum atomic E-state index is -5.08. The van der Waals surface area contributed by atoms with E-state index >= 15 is 0 Å². The van der Waals surface area contributed by atoms with Gasteiger partial charge in [0, 0.05) is 5.69 Å². The Bertz CT molecular complexity index is 1910. The van der Waals surface area contributed by atoms with Crippen LogP contribution in [-0.2, 0) is 30.3 Å². The van der Waals surface area contributed by atoms with E-state index < -0.39 is 62.6 Å². The molecule has 0 unspecified atom stereocenters. The van der Waals surface area contributed by atoms with Crippen molar-refractivity contribution >= 4 is 63.8 Å². The van der Waals surface area contributed by atoms with E-state index in [4.69, 9.17) is 5.73 Å². The number of phenols is 1. The van der Waals surface area contributed by atoms with Crippen molar-refractivity contribution in [2.75, 3.05) is 10.5 Å². The molecule has 0 spiro atoms. The summed E-state index contributed by atoms with van der Waals surface area (Å²) in [6.07, 6.45) is 0. The van der Waals surface area contributed by atoms with Crippen LogP contribution in [-0.4, -0.2) is 39.5 Å². The molecule has 16 heteroatoms. The molecule has 0 atom stereocenters. The van der Waals surface area contributed by atoms with Crippen LogP contribution in [0.2, 0.25) is 0 Å². The van der Waals surface area contributed by atoms with Crippen molar-refractivity contribution < 1.29 is 39.5 Å². The molecule has 0 fully saturated rings. The molecule has 0 aliphatic rings. The number of sulfonamides is 1. The van der Waals surface area contributed by atoms with Gasteiger partial charge in [-0.25, -0.2) is 8.42 Å². The van der Waals surface area contributed by atoms with Gasteiger partial charge in [-0.2, -0.15) is 21.9 Å². The van der Waals surface area contributed by atoms with Crippen molar-refractivity contribution in [3.63, 3.8) is 0 Å². The first-order valence-corrected chi connectivity index (χ1v) is 14.7. The summed E-state index contributed by atoms with van der Waals surface area (Å²) in [7, 11) is -14.4. The van der Waals surface area contributed by atoms with Crippen LogP contribution in [0.1, 0.15) is 0 Å². The number of nitrogens with one attached hydrogen (secondary N) is 1. The lowest BCUT2D eigenvalue weighted by Gasteiger charge is -2.15. The van der Waals surface area contributed by atoms with E-state index in [-0.39, 0.29) is 16.0 Å². The first kappa shape index (κ1) is 27.0. The van der Waals surface area contributed by atoms with Crippen LogP contribution in [0.3, 0.4) is 0 Å². The molecule has 0 aliphatic heterocycles. The molecule has 198 valence electrons. The topological polar surface area (TPSA) is 226 Å². The smallest absolute Gasteiger partial charge is 0.296 e. The molecule has 6 N–H and O–H groups in total. The van der Waals surface area contributed by atoms with Gasteiger partial charge < -0.3 is 10.8 Å². The Labute approximate surface area is 216 Å². The molecule has 0 saturated heterocycles. The monoisotopic (exact) mass is 578 g/mol. The van der Waals surface area contributed by atoms with Crippen molar-refractivity contribution in [2.45, 2.75) is 14.7 Å². The van der Waals surface area contributed by atoms with E-state index in [1.807, 2.05) is 0 Å². The molecule has 4 rings (SSSR count). The first-order valence-electron chi connectivity index (χ1n) is 10.3. The second kappa shape index (κ2) is 9.66. The zero-order chi connectivity index (χ0) is 27.9. The van der Waals surface area contributed by atoms with E-state index in [0.717, 1.165) is 18.2 Å². The van der Waals surface area contributed by atoms with Crippen LogP contribution in [0.4, 0.5) is 22.7 Å². The number of hydrogen-bond donors (Lipinski definition) is 5. The van der Waals surface area contributed by atoms with Gasteiger partial charge in [-0.1, -0.05) is 18.2 Å². The van der Waals surface area contributed by atoms with Crippen molar-refractivity contribution in [3.8, 4) is 5.75 Å². The molecule has 0 aromatic heterocycles. The predicted molar refractivity (Wildman–Crippen MR) is 138 cm³/mol. The second-order valence-corrected chi connectivity index (χ2v) is 12.3. The summed E-state index contributed by atoms with van der Waals surface area (Å²) in [5.41, 5.74) is 4.90. The Kier molecular flexibility index (Phi) is 6.85. The predicted octanol–water partition coefficient (Wildman–Crippen LogP) is 3.84. The number of nitrogens with zero attached hydrogens (tertiary/aromatic N) is 2. The normalized spacial score (nSPS) is 12.7. The zero-order valence-electron chi connectivity index (χ0n) is 18.9. The molecule has 4 aromatic rings. The Balaban J connectivity index is 2.03. The number of aromatic hydroxyl groups is 1. The lowest BCUT2D eigenvalue weighted by Crippen LogP contribution is -2.14. The fourth-order valence-corrected chi connectivity index (χ4v) is 5.72. The van der Waals surface area contributed by atoms with Gasteiger partial charge >= 0.3 is 0 Å². The maximum absolute atomic E-state index is 13.0. The van der Waals surface area contributed by atoms with Gasteiger partial charge in [-0.05, 0) is 60.0 Å². The summed E-state index contributed by atoms with van der Waals surface area (Å²) >= 11 is 0.